The maximum atomic E-state index is 12.6. The third-order valence-electron chi connectivity index (χ3n) is 6.19. The van der Waals surface area contributed by atoms with Gasteiger partial charge in [-0.1, -0.05) is 6.07 Å². The molecule has 1 unspecified atom stereocenters. The van der Waals surface area contributed by atoms with Gasteiger partial charge in [0.2, 0.25) is 0 Å². The minimum absolute atomic E-state index is 0.125. The Kier molecular flexibility index (Phi) is 6.31. The second-order valence-electron chi connectivity index (χ2n) is 8.32. The van der Waals surface area contributed by atoms with Crippen molar-refractivity contribution in [2.24, 2.45) is 0 Å². The monoisotopic (exact) mass is 428 g/mol. The first kappa shape index (κ1) is 22.4. The van der Waals surface area contributed by atoms with E-state index in [4.69, 9.17) is 0 Å². The molecule has 0 aliphatic carbocycles. The van der Waals surface area contributed by atoms with E-state index in [1.54, 1.807) is 12.1 Å². The first-order valence-corrected chi connectivity index (χ1v) is 10.1. The van der Waals surface area contributed by atoms with Crippen LogP contribution in [0, 0.1) is 6.92 Å². The van der Waals surface area contributed by atoms with Crippen LogP contribution in [0.1, 0.15) is 54.1 Å². The number of amides is 1. The van der Waals surface area contributed by atoms with E-state index in [2.05, 4.69) is 9.64 Å². The molecule has 1 aromatic carbocycles. The third kappa shape index (κ3) is 4.88. The summed E-state index contributed by atoms with van der Waals surface area (Å²) >= 11 is 0. The number of hydrogen-bond acceptors (Lipinski definition) is 4. The number of carboxylic acids is 1. The van der Waals surface area contributed by atoms with Crippen LogP contribution in [0.15, 0.2) is 18.2 Å². The standard InChI is InChI=1S/C21H27F3N2O4/c1-14-10-16(12-17(11-14)18(27)28)13-26-7-3-4-20(26)5-8-25(9-6-20)19(29)30-15(2)21(22,23)24/h10-12,15H,3-9,13H2,1-2H3,(H,27,28). The Bertz CT molecular complexity index is 804. The summed E-state index contributed by atoms with van der Waals surface area (Å²) < 4.78 is 42.5. The van der Waals surface area contributed by atoms with Crippen LogP contribution in [-0.4, -0.2) is 64.4 Å². The van der Waals surface area contributed by atoms with Gasteiger partial charge in [-0.05, 0) is 69.3 Å². The first-order valence-electron chi connectivity index (χ1n) is 10.1. The Balaban J connectivity index is 1.64. The van der Waals surface area contributed by atoms with Gasteiger partial charge in [0.1, 0.15) is 0 Å². The molecule has 9 heteroatoms. The molecule has 6 nitrogen and oxygen atoms in total. The van der Waals surface area contributed by atoms with Gasteiger partial charge in [-0.15, -0.1) is 0 Å². The molecular weight excluding hydrogens is 401 g/mol. The Morgan fingerprint density at radius 1 is 1.17 bits per heavy atom. The van der Waals surface area contributed by atoms with Gasteiger partial charge in [-0.3, -0.25) is 4.90 Å². The number of likely N-dealkylation sites (tertiary alicyclic amines) is 2. The lowest BCUT2D eigenvalue weighted by atomic mass is 9.84. The Morgan fingerprint density at radius 3 is 2.43 bits per heavy atom. The smallest absolute Gasteiger partial charge is 0.425 e. The zero-order valence-electron chi connectivity index (χ0n) is 17.2. The van der Waals surface area contributed by atoms with Gasteiger partial charge in [0.05, 0.1) is 5.56 Å². The zero-order valence-corrected chi connectivity index (χ0v) is 17.2. The zero-order chi connectivity index (χ0) is 22.1. The van der Waals surface area contributed by atoms with E-state index in [-0.39, 0.29) is 11.1 Å². The van der Waals surface area contributed by atoms with Crippen LogP contribution in [0.2, 0.25) is 0 Å². The van der Waals surface area contributed by atoms with Crippen LogP contribution in [0.4, 0.5) is 18.0 Å². The number of aromatic carboxylic acids is 1. The fraction of sp³-hybridized carbons (Fsp3) is 0.619. The van der Waals surface area contributed by atoms with Crippen molar-refractivity contribution >= 4 is 12.1 Å². The number of hydrogen-bond donors (Lipinski definition) is 1. The van der Waals surface area contributed by atoms with Gasteiger partial charge in [0.15, 0.2) is 6.10 Å². The molecule has 3 rings (SSSR count). The number of benzene rings is 1. The Hall–Kier alpha value is -2.29. The van der Waals surface area contributed by atoms with E-state index in [0.29, 0.717) is 32.5 Å². The van der Waals surface area contributed by atoms with Gasteiger partial charge in [-0.25, -0.2) is 9.59 Å². The molecule has 2 heterocycles. The van der Waals surface area contributed by atoms with Crippen molar-refractivity contribution < 1.29 is 32.6 Å². The number of piperidine rings is 1. The molecule has 30 heavy (non-hydrogen) atoms. The number of carboxylic acid groups (broad SMARTS) is 1. The van der Waals surface area contributed by atoms with Crippen LogP contribution in [0.3, 0.4) is 0 Å². The first-order chi connectivity index (χ1) is 14.0. The number of ether oxygens (including phenoxy) is 1. The van der Waals surface area contributed by atoms with E-state index in [0.717, 1.165) is 37.4 Å². The highest BCUT2D eigenvalue weighted by atomic mass is 19.4. The summed E-state index contributed by atoms with van der Waals surface area (Å²) in [5, 5.41) is 9.30. The SMILES string of the molecule is Cc1cc(CN2CCCC23CCN(C(=O)OC(C)C(F)(F)F)CC3)cc(C(=O)O)c1. The normalized spacial score (nSPS) is 20.4. The Morgan fingerprint density at radius 2 is 1.83 bits per heavy atom. The molecule has 1 atom stereocenters. The van der Waals surface area contributed by atoms with Crippen LogP contribution in [-0.2, 0) is 11.3 Å². The molecule has 166 valence electrons. The average molecular weight is 428 g/mol. The maximum Gasteiger partial charge on any atom is 0.425 e. The molecule has 1 N–H and O–H groups in total. The fourth-order valence-electron chi connectivity index (χ4n) is 4.50. The molecule has 1 aromatic rings. The quantitative estimate of drug-likeness (QED) is 0.778. The molecule has 2 saturated heterocycles. The highest BCUT2D eigenvalue weighted by Gasteiger charge is 2.45. The lowest BCUT2D eigenvalue weighted by molar-refractivity contribution is -0.200. The van der Waals surface area contributed by atoms with Crippen LogP contribution < -0.4 is 0 Å². The molecule has 0 bridgehead atoms. The highest BCUT2D eigenvalue weighted by molar-refractivity contribution is 5.88. The second kappa shape index (κ2) is 8.45. The van der Waals surface area contributed by atoms with E-state index in [1.165, 1.54) is 4.90 Å². The number of carbonyl (C=O) groups is 2. The van der Waals surface area contributed by atoms with Gasteiger partial charge >= 0.3 is 18.2 Å². The van der Waals surface area contributed by atoms with E-state index < -0.39 is 24.3 Å². The van der Waals surface area contributed by atoms with Crippen molar-refractivity contribution in [3.05, 3.63) is 34.9 Å². The maximum absolute atomic E-state index is 12.6. The number of alkyl halides is 3. The van der Waals surface area contributed by atoms with Crippen molar-refractivity contribution in [2.75, 3.05) is 19.6 Å². The molecule has 2 aliphatic heterocycles. The average Bonchev–Trinajstić information content (AvgIpc) is 3.02. The lowest BCUT2D eigenvalue weighted by Crippen LogP contribution is -2.53. The fourth-order valence-corrected chi connectivity index (χ4v) is 4.50. The van der Waals surface area contributed by atoms with E-state index >= 15 is 0 Å². The number of carbonyl (C=O) groups excluding carboxylic acids is 1. The molecule has 0 saturated carbocycles. The van der Waals surface area contributed by atoms with Crippen molar-refractivity contribution in [2.45, 2.75) is 63.9 Å². The molecule has 0 aromatic heterocycles. The summed E-state index contributed by atoms with van der Waals surface area (Å²) in [7, 11) is 0. The van der Waals surface area contributed by atoms with Gasteiger partial charge in [0, 0.05) is 25.2 Å². The number of rotatable bonds is 4. The number of halogens is 3. The van der Waals surface area contributed by atoms with Crippen molar-refractivity contribution in [1.29, 1.82) is 0 Å². The predicted octanol–water partition coefficient (Wildman–Crippen LogP) is 4.21. The third-order valence-corrected chi connectivity index (χ3v) is 6.19. The van der Waals surface area contributed by atoms with Crippen LogP contribution in [0.25, 0.3) is 0 Å². The van der Waals surface area contributed by atoms with E-state index in [9.17, 15) is 27.9 Å². The number of nitrogens with zero attached hydrogens (tertiary/aromatic N) is 2. The minimum atomic E-state index is -4.57. The van der Waals surface area contributed by atoms with Crippen molar-refractivity contribution in [1.82, 2.24) is 9.80 Å². The summed E-state index contributed by atoms with van der Waals surface area (Å²) in [6.07, 6.45) is -4.38. The Labute approximate surface area is 173 Å². The lowest BCUT2D eigenvalue weighted by Gasteiger charge is -2.45. The minimum Gasteiger partial charge on any atom is -0.478 e. The van der Waals surface area contributed by atoms with Crippen LogP contribution in [0.5, 0.6) is 0 Å². The van der Waals surface area contributed by atoms with Gasteiger partial charge in [-0.2, -0.15) is 13.2 Å². The van der Waals surface area contributed by atoms with E-state index in [1.807, 2.05) is 13.0 Å². The molecule has 0 radical (unpaired) electrons. The largest absolute Gasteiger partial charge is 0.478 e. The molecule has 2 aliphatic rings. The summed E-state index contributed by atoms with van der Waals surface area (Å²) in [6.45, 7) is 4.85. The molecule has 2 fully saturated rings. The highest BCUT2D eigenvalue weighted by Crippen LogP contribution is 2.39. The predicted molar refractivity (Wildman–Crippen MR) is 103 cm³/mol. The molecule has 1 spiro atoms. The summed E-state index contributed by atoms with van der Waals surface area (Å²) in [5.74, 6) is -0.962. The molecule has 1 amide bonds. The van der Waals surface area contributed by atoms with Gasteiger partial charge < -0.3 is 14.7 Å². The summed E-state index contributed by atoms with van der Waals surface area (Å²) in [5.41, 5.74) is 1.94. The molecular formula is C21H27F3N2O4. The van der Waals surface area contributed by atoms with Gasteiger partial charge in [0.25, 0.3) is 0 Å². The second-order valence-corrected chi connectivity index (χ2v) is 8.32. The van der Waals surface area contributed by atoms with Crippen molar-refractivity contribution in [3.63, 3.8) is 0 Å². The van der Waals surface area contributed by atoms with Crippen LogP contribution >= 0.6 is 0 Å². The van der Waals surface area contributed by atoms with Crippen molar-refractivity contribution in [3.8, 4) is 0 Å². The summed E-state index contributed by atoms with van der Waals surface area (Å²) in [4.78, 5) is 27.1. The summed E-state index contributed by atoms with van der Waals surface area (Å²) in [6, 6.07) is 5.30. The number of aryl methyl sites for hydroxylation is 1. The topological polar surface area (TPSA) is 70.1 Å².